The Balaban J connectivity index is 1.80. The van der Waals surface area contributed by atoms with E-state index >= 15 is 0 Å². The fourth-order valence-electron chi connectivity index (χ4n) is 3.17. The van der Waals surface area contributed by atoms with Crippen LogP contribution in [-0.4, -0.2) is 28.9 Å². The smallest absolute Gasteiger partial charge is 0.255 e. The summed E-state index contributed by atoms with van der Waals surface area (Å²) >= 11 is 0. The third-order valence-electron chi connectivity index (χ3n) is 4.67. The van der Waals surface area contributed by atoms with E-state index in [1.165, 1.54) is 12.1 Å². The number of anilines is 1. The molecule has 0 saturated heterocycles. The van der Waals surface area contributed by atoms with E-state index in [-0.39, 0.29) is 11.7 Å². The fourth-order valence-corrected chi connectivity index (χ4v) is 3.17. The zero-order valence-electron chi connectivity index (χ0n) is 17.7. The van der Waals surface area contributed by atoms with E-state index in [0.717, 1.165) is 11.3 Å². The third kappa shape index (κ3) is 4.79. The van der Waals surface area contributed by atoms with Gasteiger partial charge in [0.25, 0.3) is 5.91 Å². The predicted molar refractivity (Wildman–Crippen MR) is 114 cm³/mol. The summed E-state index contributed by atoms with van der Waals surface area (Å²) in [5, 5.41) is 7.48. The quantitative estimate of drug-likeness (QED) is 0.582. The number of aryl methyl sites for hydroxylation is 1. The number of hydrogen-bond donors (Lipinski definition) is 1. The number of rotatable bonds is 8. The van der Waals surface area contributed by atoms with Crippen molar-refractivity contribution in [2.75, 3.05) is 18.5 Å². The van der Waals surface area contributed by atoms with Crippen molar-refractivity contribution < 1.29 is 18.7 Å². The van der Waals surface area contributed by atoms with Crippen LogP contribution in [0.1, 0.15) is 41.2 Å². The van der Waals surface area contributed by atoms with E-state index < -0.39 is 0 Å². The largest absolute Gasteiger partial charge is 0.490 e. The van der Waals surface area contributed by atoms with Gasteiger partial charge in [0.2, 0.25) is 0 Å². The Labute approximate surface area is 175 Å². The molecular formula is C23H26FN3O3. The molecule has 0 atom stereocenters. The summed E-state index contributed by atoms with van der Waals surface area (Å²) in [5.74, 6) is 0.608. The third-order valence-corrected chi connectivity index (χ3v) is 4.67. The van der Waals surface area contributed by atoms with Crippen LogP contribution < -0.4 is 14.8 Å². The normalized spacial score (nSPS) is 10.7. The molecule has 0 fully saturated rings. The molecule has 0 bridgehead atoms. The number of nitrogens with zero attached hydrogens (tertiary/aromatic N) is 2. The second-order valence-corrected chi connectivity index (χ2v) is 6.81. The van der Waals surface area contributed by atoms with Crippen LogP contribution in [0.3, 0.4) is 0 Å². The molecule has 0 aliphatic carbocycles. The number of hydrogen-bond acceptors (Lipinski definition) is 4. The average Bonchev–Trinajstić information content (AvgIpc) is 2.98. The molecule has 30 heavy (non-hydrogen) atoms. The summed E-state index contributed by atoms with van der Waals surface area (Å²) in [6, 6.07) is 11.4. The van der Waals surface area contributed by atoms with Crippen molar-refractivity contribution >= 4 is 11.6 Å². The molecule has 7 heteroatoms. The van der Waals surface area contributed by atoms with Gasteiger partial charge in [-0.05, 0) is 63.6 Å². The van der Waals surface area contributed by atoms with Crippen LogP contribution in [-0.2, 0) is 6.54 Å². The molecule has 158 valence electrons. The Hall–Kier alpha value is -3.35. The Morgan fingerprint density at radius 1 is 1.03 bits per heavy atom. The van der Waals surface area contributed by atoms with E-state index in [1.807, 2.05) is 27.7 Å². The number of halogens is 1. The van der Waals surface area contributed by atoms with Gasteiger partial charge < -0.3 is 14.8 Å². The lowest BCUT2D eigenvalue weighted by molar-refractivity contribution is 0.102. The number of benzene rings is 2. The Bertz CT molecular complexity index is 1030. The lowest BCUT2D eigenvalue weighted by Crippen LogP contribution is -2.14. The maximum Gasteiger partial charge on any atom is 0.255 e. The van der Waals surface area contributed by atoms with Crippen molar-refractivity contribution in [3.05, 3.63) is 70.8 Å². The van der Waals surface area contributed by atoms with Gasteiger partial charge in [0, 0.05) is 5.56 Å². The molecule has 0 saturated carbocycles. The summed E-state index contributed by atoms with van der Waals surface area (Å²) in [6.45, 7) is 8.98. The average molecular weight is 411 g/mol. The number of carbonyl (C=O) groups excluding carboxylic acids is 1. The van der Waals surface area contributed by atoms with E-state index in [9.17, 15) is 9.18 Å². The number of amides is 1. The van der Waals surface area contributed by atoms with E-state index in [1.54, 1.807) is 35.0 Å². The second-order valence-electron chi connectivity index (χ2n) is 6.81. The number of aromatic nitrogens is 2. The fraction of sp³-hybridized carbons (Fsp3) is 0.304. The molecular weight excluding hydrogens is 385 g/mol. The minimum Gasteiger partial charge on any atom is -0.490 e. The molecule has 1 aromatic heterocycles. The molecule has 3 rings (SSSR count). The Kier molecular flexibility index (Phi) is 6.72. The minimum absolute atomic E-state index is 0.258. The van der Waals surface area contributed by atoms with Gasteiger partial charge in [-0.2, -0.15) is 5.10 Å². The summed E-state index contributed by atoms with van der Waals surface area (Å²) in [4.78, 5) is 12.9. The van der Waals surface area contributed by atoms with Crippen molar-refractivity contribution in [2.24, 2.45) is 0 Å². The summed E-state index contributed by atoms with van der Waals surface area (Å²) in [6.07, 6.45) is 0. The monoisotopic (exact) mass is 411 g/mol. The summed E-state index contributed by atoms with van der Waals surface area (Å²) in [5.41, 5.74) is 3.58. The molecule has 0 aliphatic rings. The van der Waals surface area contributed by atoms with Crippen LogP contribution in [0.25, 0.3) is 0 Å². The molecule has 0 radical (unpaired) electrons. The Morgan fingerprint density at radius 2 is 1.70 bits per heavy atom. The highest BCUT2D eigenvalue weighted by Gasteiger charge is 2.17. The Morgan fingerprint density at radius 3 is 2.37 bits per heavy atom. The van der Waals surface area contributed by atoms with Crippen LogP contribution in [0.4, 0.5) is 10.1 Å². The zero-order chi connectivity index (χ0) is 21.7. The molecule has 3 aromatic rings. The van der Waals surface area contributed by atoms with Crippen LogP contribution in [0.15, 0.2) is 42.5 Å². The molecule has 6 nitrogen and oxygen atoms in total. The highest BCUT2D eigenvalue weighted by molar-refractivity contribution is 6.05. The van der Waals surface area contributed by atoms with Gasteiger partial charge in [0.05, 0.1) is 36.8 Å². The van der Waals surface area contributed by atoms with E-state index in [0.29, 0.717) is 48.2 Å². The topological polar surface area (TPSA) is 65.4 Å². The lowest BCUT2D eigenvalue weighted by atomic mass is 10.1. The first-order valence-electron chi connectivity index (χ1n) is 9.92. The molecule has 0 unspecified atom stereocenters. The minimum atomic E-state index is -0.276. The second kappa shape index (κ2) is 9.43. The van der Waals surface area contributed by atoms with Crippen molar-refractivity contribution in [3.8, 4) is 11.5 Å². The zero-order valence-corrected chi connectivity index (χ0v) is 17.7. The predicted octanol–water partition coefficient (Wildman–Crippen LogP) is 4.74. The number of carbonyl (C=O) groups is 1. The SMILES string of the molecule is CCOc1ccc(C(=O)Nc2c(C)nn(Cc3ccc(F)cc3)c2C)cc1OCC. The lowest BCUT2D eigenvalue weighted by Gasteiger charge is -2.13. The van der Waals surface area contributed by atoms with Crippen molar-refractivity contribution in [1.29, 1.82) is 0 Å². The van der Waals surface area contributed by atoms with Crippen LogP contribution in [0.5, 0.6) is 11.5 Å². The van der Waals surface area contributed by atoms with Crippen molar-refractivity contribution in [2.45, 2.75) is 34.2 Å². The standard InChI is InChI=1S/C23H26FN3O3/c1-5-29-20-12-9-18(13-21(20)30-6-2)23(28)25-22-15(3)26-27(16(22)4)14-17-7-10-19(24)11-8-17/h7-13H,5-6,14H2,1-4H3,(H,25,28). The van der Waals surface area contributed by atoms with Gasteiger partial charge >= 0.3 is 0 Å². The molecule has 1 amide bonds. The number of nitrogens with one attached hydrogen (secondary N) is 1. The first-order valence-corrected chi connectivity index (χ1v) is 9.92. The van der Waals surface area contributed by atoms with Gasteiger partial charge in [0.15, 0.2) is 11.5 Å². The van der Waals surface area contributed by atoms with Gasteiger partial charge in [-0.3, -0.25) is 9.48 Å². The van der Waals surface area contributed by atoms with Crippen LogP contribution in [0, 0.1) is 19.7 Å². The van der Waals surface area contributed by atoms with Crippen LogP contribution in [0.2, 0.25) is 0 Å². The molecule has 1 N–H and O–H groups in total. The van der Waals surface area contributed by atoms with E-state index in [4.69, 9.17) is 9.47 Å². The maximum atomic E-state index is 13.1. The maximum absolute atomic E-state index is 13.1. The first-order chi connectivity index (χ1) is 14.4. The summed E-state index contributed by atoms with van der Waals surface area (Å²) in [7, 11) is 0. The van der Waals surface area contributed by atoms with E-state index in [2.05, 4.69) is 10.4 Å². The van der Waals surface area contributed by atoms with Crippen LogP contribution >= 0.6 is 0 Å². The molecule has 0 aliphatic heterocycles. The molecule has 0 spiro atoms. The number of ether oxygens (including phenoxy) is 2. The van der Waals surface area contributed by atoms with Gasteiger partial charge in [-0.25, -0.2) is 4.39 Å². The summed E-state index contributed by atoms with van der Waals surface area (Å²) < 4.78 is 26.1. The van der Waals surface area contributed by atoms with Gasteiger partial charge in [0.1, 0.15) is 5.82 Å². The van der Waals surface area contributed by atoms with Gasteiger partial charge in [-0.1, -0.05) is 12.1 Å². The highest BCUT2D eigenvalue weighted by atomic mass is 19.1. The highest BCUT2D eigenvalue weighted by Crippen LogP contribution is 2.29. The van der Waals surface area contributed by atoms with Crippen molar-refractivity contribution in [1.82, 2.24) is 9.78 Å². The first kappa shape index (κ1) is 21.4. The molecule has 2 aromatic carbocycles. The van der Waals surface area contributed by atoms with Crippen molar-refractivity contribution in [3.63, 3.8) is 0 Å². The van der Waals surface area contributed by atoms with Gasteiger partial charge in [-0.15, -0.1) is 0 Å². The molecule has 1 heterocycles.